The second-order valence-corrected chi connectivity index (χ2v) is 4.17. The number of ether oxygens (including phenoxy) is 1. The number of amides is 1. The lowest BCUT2D eigenvalue weighted by molar-refractivity contribution is -0.117. The summed E-state index contributed by atoms with van der Waals surface area (Å²) in [6.45, 7) is -1.17. The molecule has 0 spiro atoms. The summed E-state index contributed by atoms with van der Waals surface area (Å²) >= 11 is 0. The lowest BCUT2D eigenvalue weighted by Gasteiger charge is -2.10. The van der Waals surface area contributed by atoms with Crippen LogP contribution in [0.1, 0.15) is 18.9 Å². The predicted octanol–water partition coefficient (Wildman–Crippen LogP) is 2.19. The number of hydrogen-bond donors (Lipinski definition) is 2. The van der Waals surface area contributed by atoms with Gasteiger partial charge in [-0.05, 0) is 25.5 Å². The maximum atomic E-state index is 12.2. The number of rotatable bonds is 7. The fourth-order valence-corrected chi connectivity index (χ4v) is 1.54. The Morgan fingerprint density at radius 1 is 1.45 bits per heavy atom. The van der Waals surface area contributed by atoms with Gasteiger partial charge in [0.15, 0.2) is 0 Å². The summed E-state index contributed by atoms with van der Waals surface area (Å²) in [5, 5.41) is 11.4. The van der Waals surface area contributed by atoms with Crippen molar-refractivity contribution >= 4 is 12.0 Å². The van der Waals surface area contributed by atoms with Gasteiger partial charge in [-0.3, -0.25) is 4.79 Å². The molecular formula is C14H17F2NO3. The molecule has 2 N–H and O–H groups in total. The lowest BCUT2D eigenvalue weighted by Crippen LogP contribution is -2.31. The second kappa shape index (κ2) is 8.27. The SMILES string of the molecule is CC(CCO)NC(=O)/C=C/c1ccccc1OC(F)F. The highest BCUT2D eigenvalue weighted by Gasteiger charge is 2.08. The largest absolute Gasteiger partial charge is 0.434 e. The number of benzene rings is 1. The van der Waals surface area contributed by atoms with E-state index in [0.29, 0.717) is 12.0 Å². The summed E-state index contributed by atoms with van der Waals surface area (Å²) in [5.41, 5.74) is 0.387. The van der Waals surface area contributed by atoms with Crippen LogP contribution in [0.2, 0.25) is 0 Å². The fourth-order valence-electron chi connectivity index (χ4n) is 1.54. The van der Waals surface area contributed by atoms with E-state index < -0.39 is 6.61 Å². The number of para-hydroxylation sites is 1. The topological polar surface area (TPSA) is 58.6 Å². The van der Waals surface area contributed by atoms with Crippen molar-refractivity contribution in [3.8, 4) is 5.75 Å². The fraction of sp³-hybridized carbons (Fsp3) is 0.357. The molecule has 0 aliphatic rings. The van der Waals surface area contributed by atoms with E-state index in [1.165, 1.54) is 18.2 Å². The van der Waals surface area contributed by atoms with Gasteiger partial charge < -0.3 is 15.2 Å². The number of alkyl halides is 2. The minimum absolute atomic E-state index is 0.00922. The maximum Gasteiger partial charge on any atom is 0.387 e. The Bertz CT molecular complexity index is 463. The highest BCUT2D eigenvalue weighted by atomic mass is 19.3. The van der Waals surface area contributed by atoms with E-state index >= 15 is 0 Å². The van der Waals surface area contributed by atoms with Crippen molar-refractivity contribution < 1.29 is 23.4 Å². The Balaban J connectivity index is 2.67. The number of halogens is 2. The molecule has 1 atom stereocenters. The smallest absolute Gasteiger partial charge is 0.387 e. The zero-order chi connectivity index (χ0) is 15.0. The molecule has 0 bridgehead atoms. The number of carbonyl (C=O) groups excluding carboxylic acids is 1. The van der Waals surface area contributed by atoms with E-state index in [2.05, 4.69) is 10.1 Å². The van der Waals surface area contributed by atoms with Gasteiger partial charge >= 0.3 is 6.61 Å². The van der Waals surface area contributed by atoms with Crippen LogP contribution < -0.4 is 10.1 Å². The molecule has 0 aliphatic carbocycles. The van der Waals surface area contributed by atoms with E-state index in [-0.39, 0.29) is 24.3 Å². The summed E-state index contributed by atoms with van der Waals surface area (Å²) in [5.74, 6) is -0.354. The van der Waals surface area contributed by atoms with Crippen molar-refractivity contribution in [3.63, 3.8) is 0 Å². The van der Waals surface area contributed by atoms with Crippen molar-refractivity contribution in [1.29, 1.82) is 0 Å². The second-order valence-electron chi connectivity index (χ2n) is 4.17. The number of nitrogens with one attached hydrogen (secondary N) is 1. The van der Waals surface area contributed by atoms with Crippen LogP contribution in [0.3, 0.4) is 0 Å². The Labute approximate surface area is 116 Å². The molecule has 1 rings (SSSR count). The normalized spacial score (nSPS) is 12.7. The quantitative estimate of drug-likeness (QED) is 0.755. The van der Waals surface area contributed by atoms with Gasteiger partial charge in [0.05, 0.1) is 0 Å². The number of aliphatic hydroxyl groups is 1. The molecule has 0 saturated heterocycles. The standard InChI is InChI=1S/C14H17F2NO3/c1-10(8-9-18)17-13(19)7-6-11-4-2-3-5-12(11)20-14(15)16/h2-7,10,14,18H,8-9H2,1H3,(H,17,19)/b7-6+. The van der Waals surface area contributed by atoms with Crippen molar-refractivity contribution in [2.24, 2.45) is 0 Å². The van der Waals surface area contributed by atoms with E-state index in [9.17, 15) is 13.6 Å². The number of aliphatic hydroxyl groups excluding tert-OH is 1. The molecule has 1 unspecified atom stereocenters. The van der Waals surface area contributed by atoms with Crippen LogP contribution >= 0.6 is 0 Å². The van der Waals surface area contributed by atoms with Crippen LogP contribution in [0.25, 0.3) is 6.08 Å². The molecule has 6 heteroatoms. The van der Waals surface area contributed by atoms with E-state index in [1.54, 1.807) is 25.1 Å². The first-order valence-corrected chi connectivity index (χ1v) is 6.16. The molecule has 1 amide bonds. The highest BCUT2D eigenvalue weighted by molar-refractivity contribution is 5.92. The van der Waals surface area contributed by atoms with Crippen molar-refractivity contribution in [2.75, 3.05) is 6.61 Å². The predicted molar refractivity (Wildman–Crippen MR) is 71.4 cm³/mol. The lowest BCUT2D eigenvalue weighted by atomic mass is 10.2. The van der Waals surface area contributed by atoms with Gasteiger partial charge in [0.1, 0.15) is 5.75 Å². The molecule has 20 heavy (non-hydrogen) atoms. The highest BCUT2D eigenvalue weighted by Crippen LogP contribution is 2.21. The molecule has 0 heterocycles. The molecule has 0 aliphatic heterocycles. The number of hydrogen-bond acceptors (Lipinski definition) is 3. The van der Waals surface area contributed by atoms with Crippen molar-refractivity contribution in [2.45, 2.75) is 26.0 Å². The number of carbonyl (C=O) groups is 1. The van der Waals surface area contributed by atoms with Gasteiger partial charge in [0, 0.05) is 24.3 Å². The van der Waals surface area contributed by atoms with Gasteiger partial charge in [-0.1, -0.05) is 18.2 Å². The van der Waals surface area contributed by atoms with Crippen LogP contribution in [-0.2, 0) is 4.79 Å². The van der Waals surface area contributed by atoms with Gasteiger partial charge in [0.2, 0.25) is 5.91 Å². The summed E-state index contributed by atoms with van der Waals surface area (Å²) in [7, 11) is 0. The minimum Gasteiger partial charge on any atom is -0.434 e. The summed E-state index contributed by atoms with van der Waals surface area (Å²) in [4.78, 5) is 11.6. The third kappa shape index (κ3) is 5.79. The van der Waals surface area contributed by atoms with E-state index in [1.807, 2.05) is 0 Å². The van der Waals surface area contributed by atoms with Crippen LogP contribution in [0, 0.1) is 0 Å². The Morgan fingerprint density at radius 3 is 2.80 bits per heavy atom. The molecule has 4 nitrogen and oxygen atoms in total. The average Bonchev–Trinajstić information content (AvgIpc) is 2.37. The molecule has 1 aromatic rings. The van der Waals surface area contributed by atoms with Crippen molar-refractivity contribution in [3.05, 3.63) is 35.9 Å². The molecule has 110 valence electrons. The van der Waals surface area contributed by atoms with Crippen LogP contribution in [0.4, 0.5) is 8.78 Å². The zero-order valence-electron chi connectivity index (χ0n) is 11.1. The first-order chi connectivity index (χ1) is 9.52. The average molecular weight is 285 g/mol. The van der Waals surface area contributed by atoms with Crippen LogP contribution in [0.15, 0.2) is 30.3 Å². The zero-order valence-corrected chi connectivity index (χ0v) is 11.1. The van der Waals surface area contributed by atoms with Gasteiger partial charge in [-0.15, -0.1) is 0 Å². The van der Waals surface area contributed by atoms with Crippen LogP contribution in [0.5, 0.6) is 5.75 Å². The summed E-state index contributed by atoms with van der Waals surface area (Å²) < 4.78 is 28.8. The molecular weight excluding hydrogens is 268 g/mol. The summed E-state index contributed by atoms with van der Waals surface area (Å²) in [6, 6.07) is 6.03. The Hall–Kier alpha value is -1.95. The summed E-state index contributed by atoms with van der Waals surface area (Å²) in [6.07, 6.45) is 3.09. The Morgan fingerprint density at radius 2 is 2.15 bits per heavy atom. The van der Waals surface area contributed by atoms with Gasteiger partial charge in [0.25, 0.3) is 0 Å². The third-order valence-electron chi connectivity index (χ3n) is 2.50. The van der Waals surface area contributed by atoms with E-state index in [0.717, 1.165) is 0 Å². The third-order valence-corrected chi connectivity index (χ3v) is 2.50. The Kier molecular flexibility index (Phi) is 6.66. The van der Waals surface area contributed by atoms with Gasteiger partial charge in [-0.25, -0.2) is 0 Å². The molecule has 0 fully saturated rings. The van der Waals surface area contributed by atoms with Crippen LogP contribution in [-0.4, -0.2) is 30.3 Å². The monoisotopic (exact) mass is 285 g/mol. The first-order valence-electron chi connectivity index (χ1n) is 6.16. The molecule has 0 radical (unpaired) electrons. The molecule has 0 aromatic heterocycles. The minimum atomic E-state index is -2.91. The molecule has 1 aromatic carbocycles. The van der Waals surface area contributed by atoms with E-state index in [4.69, 9.17) is 5.11 Å². The molecule has 0 saturated carbocycles. The maximum absolute atomic E-state index is 12.2. The first kappa shape index (κ1) is 16.1. The van der Waals surface area contributed by atoms with Crippen molar-refractivity contribution in [1.82, 2.24) is 5.32 Å². The van der Waals surface area contributed by atoms with Gasteiger partial charge in [-0.2, -0.15) is 8.78 Å².